The molecule has 0 saturated heterocycles. The number of hydrogen-bond donors (Lipinski definition) is 3. The molecule has 0 spiro atoms. The fourth-order valence-electron chi connectivity index (χ4n) is 1.21. The molecule has 1 rings (SSSR count). The summed E-state index contributed by atoms with van der Waals surface area (Å²) < 4.78 is 5.39. The van der Waals surface area contributed by atoms with E-state index in [9.17, 15) is 9.59 Å². The Morgan fingerprint density at radius 1 is 1.41 bits per heavy atom. The van der Waals surface area contributed by atoms with Crippen LogP contribution in [0.25, 0.3) is 0 Å². The molecule has 0 fully saturated rings. The molecule has 6 heteroatoms. The highest BCUT2D eigenvalue weighted by Crippen LogP contribution is 2.21. The summed E-state index contributed by atoms with van der Waals surface area (Å²) in [6, 6.07) is 4.22. The van der Waals surface area contributed by atoms with E-state index in [2.05, 4.69) is 0 Å². The summed E-state index contributed by atoms with van der Waals surface area (Å²) in [5, 5.41) is 1.94. The first-order chi connectivity index (χ1) is 7.90. The lowest BCUT2D eigenvalue weighted by molar-refractivity contribution is -0.126. The van der Waals surface area contributed by atoms with Crippen molar-refractivity contribution in [3.8, 4) is 5.75 Å². The highest BCUT2D eigenvalue weighted by Gasteiger charge is 2.16. The van der Waals surface area contributed by atoms with Gasteiger partial charge in [0.2, 0.25) is 0 Å². The van der Waals surface area contributed by atoms with E-state index in [0.717, 1.165) is 5.56 Å². The van der Waals surface area contributed by atoms with Gasteiger partial charge in [-0.25, -0.2) is 4.79 Å². The highest BCUT2D eigenvalue weighted by molar-refractivity contribution is 5.95. The number of ether oxygens (including phenoxy) is 1. The van der Waals surface area contributed by atoms with Gasteiger partial charge in [-0.15, -0.1) is 0 Å². The summed E-state index contributed by atoms with van der Waals surface area (Å²) >= 11 is 0. The summed E-state index contributed by atoms with van der Waals surface area (Å²) in [5.74, 6) is -0.101. The summed E-state index contributed by atoms with van der Waals surface area (Å²) in [6.45, 7) is 3.34. The zero-order chi connectivity index (χ0) is 13.0. The van der Waals surface area contributed by atoms with E-state index in [1.165, 1.54) is 6.92 Å². The number of carbonyl (C=O) groups excluding carboxylic acids is 2. The fraction of sp³-hybridized carbons (Fsp3) is 0.273. The lowest BCUT2D eigenvalue weighted by atomic mass is 10.2. The number of imide groups is 1. The summed E-state index contributed by atoms with van der Waals surface area (Å²) in [6.07, 6.45) is -0.831. The van der Waals surface area contributed by atoms with Crippen molar-refractivity contribution in [2.45, 2.75) is 20.0 Å². The van der Waals surface area contributed by atoms with Crippen molar-refractivity contribution in [1.82, 2.24) is 5.32 Å². The van der Waals surface area contributed by atoms with Crippen LogP contribution in [0.5, 0.6) is 5.75 Å². The first kappa shape index (κ1) is 12.8. The van der Waals surface area contributed by atoms with Crippen molar-refractivity contribution in [3.63, 3.8) is 0 Å². The number of rotatable bonds is 3. The van der Waals surface area contributed by atoms with Crippen LogP contribution in [0.3, 0.4) is 0 Å². The Balaban J connectivity index is 2.73. The quantitative estimate of drug-likeness (QED) is 0.667. The van der Waals surface area contributed by atoms with Crippen LogP contribution in [0.1, 0.15) is 12.5 Å². The molecule has 0 aliphatic carbocycles. The molecular weight excluding hydrogens is 222 g/mol. The minimum absolute atomic E-state index is 0.497. The molecule has 1 atom stereocenters. The van der Waals surface area contributed by atoms with Gasteiger partial charge in [0, 0.05) is 11.8 Å². The number of carbonyl (C=O) groups is 2. The van der Waals surface area contributed by atoms with Gasteiger partial charge in [-0.1, -0.05) is 6.07 Å². The average Bonchev–Trinajstić information content (AvgIpc) is 2.22. The van der Waals surface area contributed by atoms with Gasteiger partial charge < -0.3 is 16.2 Å². The molecule has 0 heterocycles. The zero-order valence-electron chi connectivity index (χ0n) is 9.69. The minimum Gasteiger partial charge on any atom is -0.481 e. The lowest BCUT2D eigenvalue weighted by Crippen LogP contribution is -2.42. The number of amides is 3. The maximum atomic E-state index is 11.4. The van der Waals surface area contributed by atoms with Crippen molar-refractivity contribution < 1.29 is 14.3 Å². The molecule has 0 saturated carbocycles. The smallest absolute Gasteiger partial charge is 0.318 e. The normalized spacial score (nSPS) is 11.6. The Morgan fingerprint density at radius 3 is 2.65 bits per heavy atom. The average molecular weight is 237 g/mol. The number of primary amides is 1. The Morgan fingerprint density at radius 2 is 2.06 bits per heavy atom. The largest absolute Gasteiger partial charge is 0.481 e. The first-order valence-corrected chi connectivity index (χ1v) is 5.03. The van der Waals surface area contributed by atoms with Crippen LogP contribution in [0.4, 0.5) is 10.5 Å². The number of nitrogens with two attached hydrogens (primary N) is 2. The van der Waals surface area contributed by atoms with Gasteiger partial charge in [-0.05, 0) is 25.5 Å². The number of hydrogen-bond acceptors (Lipinski definition) is 4. The van der Waals surface area contributed by atoms with Crippen LogP contribution in [0.15, 0.2) is 18.2 Å². The molecule has 0 aromatic heterocycles. The van der Waals surface area contributed by atoms with Gasteiger partial charge in [-0.3, -0.25) is 10.1 Å². The predicted molar refractivity (Wildman–Crippen MR) is 63.4 cm³/mol. The first-order valence-electron chi connectivity index (χ1n) is 5.03. The van der Waals surface area contributed by atoms with E-state index in [1.807, 2.05) is 12.2 Å². The highest BCUT2D eigenvalue weighted by atomic mass is 16.5. The Kier molecular flexibility index (Phi) is 3.92. The Bertz CT molecular complexity index is 446. The maximum absolute atomic E-state index is 11.4. The van der Waals surface area contributed by atoms with Crippen molar-refractivity contribution in [3.05, 3.63) is 23.8 Å². The van der Waals surface area contributed by atoms with Crippen molar-refractivity contribution in [2.75, 3.05) is 5.73 Å². The monoisotopic (exact) mass is 237 g/mol. The third kappa shape index (κ3) is 3.67. The van der Waals surface area contributed by atoms with Crippen LogP contribution in [0.2, 0.25) is 0 Å². The van der Waals surface area contributed by atoms with Gasteiger partial charge in [0.05, 0.1) is 0 Å². The molecule has 0 aliphatic rings. The second kappa shape index (κ2) is 5.20. The molecule has 0 bridgehead atoms. The summed E-state index contributed by atoms with van der Waals surface area (Å²) in [7, 11) is 0. The molecule has 3 amide bonds. The second-order valence-electron chi connectivity index (χ2n) is 3.64. The third-order valence-corrected chi connectivity index (χ3v) is 2.13. The molecule has 6 nitrogen and oxygen atoms in total. The van der Waals surface area contributed by atoms with Crippen LogP contribution >= 0.6 is 0 Å². The lowest BCUT2D eigenvalue weighted by Gasteiger charge is -2.15. The molecule has 1 unspecified atom stereocenters. The van der Waals surface area contributed by atoms with Crippen molar-refractivity contribution in [1.29, 1.82) is 0 Å². The van der Waals surface area contributed by atoms with Gasteiger partial charge in [0.1, 0.15) is 5.75 Å². The van der Waals surface area contributed by atoms with Crippen LogP contribution < -0.4 is 21.5 Å². The van der Waals surface area contributed by atoms with Gasteiger partial charge >= 0.3 is 6.03 Å². The van der Waals surface area contributed by atoms with Crippen LogP contribution in [0, 0.1) is 6.92 Å². The molecular formula is C11H15N3O3. The van der Waals surface area contributed by atoms with Gasteiger partial charge in [0.25, 0.3) is 5.91 Å². The number of nitrogen functional groups attached to an aromatic ring is 1. The Labute approximate surface area is 98.9 Å². The Hall–Kier alpha value is -2.24. The number of aryl methyl sites for hydroxylation is 1. The maximum Gasteiger partial charge on any atom is 0.318 e. The van der Waals surface area contributed by atoms with Crippen molar-refractivity contribution in [2.24, 2.45) is 5.73 Å². The number of urea groups is 1. The fourth-order valence-corrected chi connectivity index (χ4v) is 1.21. The SMILES string of the molecule is Cc1ccc(N)cc1OC(C)C(=O)NC(N)=O. The van der Waals surface area contributed by atoms with Gasteiger partial charge in [0.15, 0.2) is 6.10 Å². The molecule has 1 aromatic rings. The van der Waals surface area contributed by atoms with E-state index in [0.29, 0.717) is 11.4 Å². The minimum atomic E-state index is -0.908. The van der Waals surface area contributed by atoms with E-state index in [1.54, 1.807) is 18.2 Å². The summed E-state index contributed by atoms with van der Waals surface area (Å²) in [4.78, 5) is 21.9. The molecule has 92 valence electrons. The molecule has 0 aliphatic heterocycles. The molecule has 5 N–H and O–H groups in total. The van der Waals surface area contributed by atoms with E-state index in [4.69, 9.17) is 16.2 Å². The standard InChI is InChI=1S/C11H15N3O3/c1-6-3-4-8(12)5-9(6)17-7(2)10(15)14-11(13)16/h3-5,7H,12H2,1-2H3,(H3,13,14,15,16). The van der Waals surface area contributed by atoms with E-state index >= 15 is 0 Å². The molecule has 1 aromatic carbocycles. The second-order valence-corrected chi connectivity index (χ2v) is 3.64. The number of anilines is 1. The van der Waals surface area contributed by atoms with E-state index < -0.39 is 18.0 Å². The van der Waals surface area contributed by atoms with Gasteiger partial charge in [-0.2, -0.15) is 0 Å². The van der Waals surface area contributed by atoms with Crippen molar-refractivity contribution >= 4 is 17.6 Å². The van der Waals surface area contributed by atoms with Crippen LogP contribution in [-0.4, -0.2) is 18.0 Å². The third-order valence-electron chi connectivity index (χ3n) is 2.13. The number of nitrogens with one attached hydrogen (secondary N) is 1. The molecule has 0 radical (unpaired) electrons. The topological polar surface area (TPSA) is 107 Å². The molecule has 17 heavy (non-hydrogen) atoms. The predicted octanol–water partition coefficient (Wildman–Crippen LogP) is 0.539. The zero-order valence-corrected chi connectivity index (χ0v) is 9.69. The summed E-state index contributed by atoms with van der Waals surface area (Å²) in [5.41, 5.74) is 11.8. The van der Waals surface area contributed by atoms with E-state index in [-0.39, 0.29) is 0 Å². The number of benzene rings is 1. The van der Waals surface area contributed by atoms with Crippen LogP contribution in [-0.2, 0) is 4.79 Å².